The number of nitrogens with two attached hydrogens (primary N) is 1. The third kappa shape index (κ3) is 2.25. The molecule has 1 aliphatic rings. The summed E-state index contributed by atoms with van der Waals surface area (Å²) in [6.45, 7) is 2.85. The average Bonchev–Trinajstić information content (AvgIpc) is 2.85. The van der Waals surface area contributed by atoms with E-state index in [0.29, 0.717) is 11.9 Å². The van der Waals surface area contributed by atoms with Gasteiger partial charge in [-0.05, 0) is 25.8 Å². The minimum atomic E-state index is -1.00. The molecule has 0 atom stereocenters. The second kappa shape index (κ2) is 5.25. The van der Waals surface area contributed by atoms with Crippen molar-refractivity contribution in [3.63, 3.8) is 0 Å². The molecule has 1 saturated carbocycles. The molecule has 0 radical (unpaired) electrons. The Kier molecular flexibility index (Phi) is 3.69. The summed E-state index contributed by atoms with van der Waals surface area (Å²) in [5, 5.41) is 9.08. The maximum atomic E-state index is 11.1. The van der Waals surface area contributed by atoms with Gasteiger partial charge in [0.15, 0.2) is 5.82 Å². The van der Waals surface area contributed by atoms with E-state index in [9.17, 15) is 4.79 Å². The van der Waals surface area contributed by atoms with Crippen molar-refractivity contribution in [3.8, 4) is 0 Å². The lowest BCUT2D eigenvalue weighted by molar-refractivity contribution is 0.0698. The van der Waals surface area contributed by atoms with Crippen LogP contribution in [0.5, 0.6) is 0 Å². The van der Waals surface area contributed by atoms with Gasteiger partial charge in [-0.1, -0.05) is 12.8 Å². The molecule has 5 nitrogen and oxygen atoms in total. The second-order valence-electron chi connectivity index (χ2n) is 4.63. The van der Waals surface area contributed by atoms with Crippen molar-refractivity contribution < 1.29 is 9.90 Å². The Morgan fingerprint density at radius 1 is 1.56 bits per heavy atom. The van der Waals surface area contributed by atoms with Crippen molar-refractivity contribution in [3.05, 3.63) is 17.8 Å². The highest BCUT2D eigenvalue weighted by Gasteiger charge is 2.25. The van der Waals surface area contributed by atoms with Gasteiger partial charge < -0.3 is 15.7 Å². The molecule has 1 fully saturated rings. The molecule has 3 N–H and O–H groups in total. The lowest BCUT2D eigenvalue weighted by Crippen LogP contribution is -2.34. The summed E-state index contributed by atoms with van der Waals surface area (Å²) in [6.07, 6.45) is 6.23. The Morgan fingerprint density at radius 2 is 2.22 bits per heavy atom. The maximum absolute atomic E-state index is 11.1. The number of pyridine rings is 1. The highest BCUT2D eigenvalue weighted by molar-refractivity contribution is 5.96. The van der Waals surface area contributed by atoms with E-state index < -0.39 is 5.97 Å². The van der Waals surface area contributed by atoms with Crippen molar-refractivity contribution in [2.45, 2.75) is 38.6 Å². The Hall–Kier alpha value is -1.78. The molecule has 0 unspecified atom stereocenters. The van der Waals surface area contributed by atoms with Gasteiger partial charge >= 0.3 is 5.97 Å². The molecule has 0 amide bonds. The van der Waals surface area contributed by atoms with Gasteiger partial charge in [0.2, 0.25) is 0 Å². The predicted molar refractivity (Wildman–Crippen MR) is 70.9 cm³/mol. The van der Waals surface area contributed by atoms with Crippen molar-refractivity contribution in [1.82, 2.24) is 4.98 Å². The number of hydrogen-bond acceptors (Lipinski definition) is 4. The number of rotatable bonds is 4. The lowest BCUT2D eigenvalue weighted by Gasteiger charge is -2.30. The number of nitrogen functional groups attached to an aromatic ring is 1. The Labute approximate surface area is 107 Å². The van der Waals surface area contributed by atoms with E-state index in [1.54, 1.807) is 0 Å². The maximum Gasteiger partial charge on any atom is 0.337 e. The smallest absolute Gasteiger partial charge is 0.337 e. The van der Waals surface area contributed by atoms with Gasteiger partial charge in [0, 0.05) is 18.8 Å². The van der Waals surface area contributed by atoms with Crippen LogP contribution in [0.2, 0.25) is 0 Å². The average molecular weight is 249 g/mol. The molecule has 5 heteroatoms. The molecule has 98 valence electrons. The molecule has 1 aromatic rings. The molecule has 1 heterocycles. The van der Waals surface area contributed by atoms with Crippen LogP contribution < -0.4 is 10.6 Å². The zero-order valence-corrected chi connectivity index (χ0v) is 10.6. The highest BCUT2D eigenvalue weighted by atomic mass is 16.4. The van der Waals surface area contributed by atoms with Crippen LogP contribution in [-0.2, 0) is 0 Å². The molecule has 1 aliphatic carbocycles. The zero-order chi connectivity index (χ0) is 13.1. The Bertz CT molecular complexity index is 442. The first-order valence-electron chi connectivity index (χ1n) is 6.39. The normalized spacial score (nSPS) is 15.8. The molecule has 0 aliphatic heterocycles. The number of nitrogens with zero attached hydrogens (tertiary/aromatic N) is 2. The zero-order valence-electron chi connectivity index (χ0n) is 10.6. The van der Waals surface area contributed by atoms with Crippen molar-refractivity contribution in [1.29, 1.82) is 0 Å². The number of carboxylic acid groups (broad SMARTS) is 1. The minimum absolute atomic E-state index is 0.136. The first-order valence-corrected chi connectivity index (χ1v) is 6.39. The van der Waals surface area contributed by atoms with E-state index in [1.165, 1.54) is 25.1 Å². The fraction of sp³-hybridized carbons (Fsp3) is 0.538. The molecule has 0 saturated heterocycles. The number of aromatic carboxylic acids is 1. The third-order valence-corrected chi connectivity index (χ3v) is 3.58. The van der Waals surface area contributed by atoms with Gasteiger partial charge in [-0.25, -0.2) is 9.78 Å². The minimum Gasteiger partial charge on any atom is -0.478 e. The van der Waals surface area contributed by atoms with Crippen LogP contribution in [0.3, 0.4) is 0 Å². The van der Waals surface area contributed by atoms with Crippen LogP contribution in [0.25, 0.3) is 0 Å². The number of carboxylic acids is 1. The van der Waals surface area contributed by atoms with Crippen LogP contribution in [0.4, 0.5) is 11.5 Å². The summed E-state index contributed by atoms with van der Waals surface area (Å²) >= 11 is 0. The summed E-state index contributed by atoms with van der Waals surface area (Å²) < 4.78 is 0. The lowest BCUT2D eigenvalue weighted by atomic mass is 10.1. The standard InChI is InChI=1S/C13H19N3O2/c1-2-16(9-5-3-4-6-9)12-11(14)10(13(17)18)7-8-15-12/h7-9H,2-6,14H2,1H3,(H,17,18). The van der Waals surface area contributed by atoms with Crippen LogP contribution in [-0.4, -0.2) is 28.6 Å². The van der Waals surface area contributed by atoms with Crippen LogP contribution >= 0.6 is 0 Å². The summed E-state index contributed by atoms with van der Waals surface area (Å²) in [6, 6.07) is 1.89. The van der Waals surface area contributed by atoms with Crippen LogP contribution in [0.1, 0.15) is 43.0 Å². The van der Waals surface area contributed by atoms with Crippen LogP contribution in [0, 0.1) is 0 Å². The van der Waals surface area contributed by atoms with Crippen molar-refractivity contribution in [2.75, 3.05) is 17.2 Å². The molecule has 2 rings (SSSR count). The highest BCUT2D eigenvalue weighted by Crippen LogP contribution is 2.31. The van der Waals surface area contributed by atoms with Gasteiger partial charge in [-0.3, -0.25) is 0 Å². The molecule has 0 bridgehead atoms. The van der Waals surface area contributed by atoms with E-state index in [-0.39, 0.29) is 11.3 Å². The summed E-state index contributed by atoms with van der Waals surface area (Å²) in [5.41, 5.74) is 6.36. The Balaban J connectivity index is 2.35. The molecular weight excluding hydrogens is 230 g/mol. The molecule has 0 spiro atoms. The summed E-state index contributed by atoms with van der Waals surface area (Å²) in [5.74, 6) is -0.386. The largest absolute Gasteiger partial charge is 0.478 e. The van der Waals surface area contributed by atoms with Gasteiger partial charge in [-0.2, -0.15) is 0 Å². The van der Waals surface area contributed by atoms with Gasteiger partial charge in [0.1, 0.15) is 0 Å². The summed E-state index contributed by atoms with van der Waals surface area (Å²) in [7, 11) is 0. The fourth-order valence-corrected chi connectivity index (χ4v) is 2.67. The number of aromatic nitrogens is 1. The van der Waals surface area contributed by atoms with E-state index in [4.69, 9.17) is 10.8 Å². The van der Waals surface area contributed by atoms with E-state index in [2.05, 4.69) is 9.88 Å². The topological polar surface area (TPSA) is 79.5 Å². The predicted octanol–water partition coefficient (Wildman–Crippen LogP) is 2.13. The van der Waals surface area contributed by atoms with E-state index in [1.807, 2.05) is 6.92 Å². The third-order valence-electron chi connectivity index (χ3n) is 3.58. The SMILES string of the molecule is CCN(c1nccc(C(=O)O)c1N)C1CCCC1. The molecule has 0 aromatic carbocycles. The van der Waals surface area contributed by atoms with Crippen molar-refractivity contribution >= 4 is 17.5 Å². The molecular formula is C13H19N3O2. The molecule has 1 aromatic heterocycles. The van der Waals surface area contributed by atoms with Gasteiger partial charge in [-0.15, -0.1) is 0 Å². The number of carbonyl (C=O) groups is 1. The van der Waals surface area contributed by atoms with Crippen LogP contribution in [0.15, 0.2) is 12.3 Å². The number of anilines is 2. The van der Waals surface area contributed by atoms with E-state index in [0.717, 1.165) is 19.4 Å². The second-order valence-corrected chi connectivity index (χ2v) is 4.63. The van der Waals surface area contributed by atoms with Gasteiger partial charge in [0.05, 0.1) is 11.3 Å². The first kappa shape index (κ1) is 12.7. The Morgan fingerprint density at radius 3 is 2.78 bits per heavy atom. The fourth-order valence-electron chi connectivity index (χ4n) is 2.67. The van der Waals surface area contributed by atoms with Gasteiger partial charge in [0.25, 0.3) is 0 Å². The number of hydrogen-bond donors (Lipinski definition) is 2. The quantitative estimate of drug-likeness (QED) is 0.854. The summed E-state index contributed by atoms with van der Waals surface area (Å²) in [4.78, 5) is 17.5. The van der Waals surface area contributed by atoms with Crippen molar-refractivity contribution in [2.24, 2.45) is 0 Å². The molecule has 18 heavy (non-hydrogen) atoms. The first-order chi connectivity index (χ1) is 8.65. The van der Waals surface area contributed by atoms with E-state index >= 15 is 0 Å². The monoisotopic (exact) mass is 249 g/mol.